The molecule has 2 aromatic rings. The molecule has 112 valence electrons. The number of pyridine rings is 1. The van der Waals surface area contributed by atoms with Crippen molar-refractivity contribution >= 4 is 11.7 Å². The summed E-state index contributed by atoms with van der Waals surface area (Å²) >= 11 is 0. The van der Waals surface area contributed by atoms with Crippen LogP contribution in [0.1, 0.15) is 35.0 Å². The second kappa shape index (κ2) is 6.88. The molecule has 2 rings (SSSR count). The predicted octanol–water partition coefficient (Wildman–Crippen LogP) is 2.21. The fourth-order valence-electron chi connectivity index (χ4n) is 2.07. The minimum Gasteiger partial charge on any atom is -0.370 e. The number of rotatable bonds is 6. The van der Waals surface area contributed by atoms with Crippen LogP contribution in [-0.2, 0) is 6.54 Å². The second-order valence-electron chi connectivity index (χ2n) is 5.08. The molecule has 6 nitrogen and oxygen atoms in total. The first kappa shape index (κ1) is 15.0. The molecule has 2 aromatic heterocycles. The molecular weight excluding hydrogens is 266 g/mol. The molecule has 0 saturated carbocycles. The maximum absolute atomic E-state index is 12.5. The lowest BCUT2D eigenvalue weighted by Crippen LogP contribution is -2.26. The third-order valence-electron chi connectivity index (χ3n) is 3.08. The summed E-state index contributed by atoms with van der Waals surface area (Å²) in [6.45, 7) is 5.35. The molecule has 0 atom stereocenters. The minimum absolute atomic E-state index is 0.0266. The van der Waals surface area contributed by atoms with Gasteiger partial charge in [-0.15, -0.1) is 0 Å². The zero-order valence-electron chi connectivity index (χ0n) is 12.7. The lowest BCUT2D eigenvalue weighted by molar-refractivity contribution is 0.0785. The molecule has 0 aliphatic carbocycles. The Morgan fingerprint density at radius 1 is 1.43 bits per heavy atom. The molecule has 2 heterocycles. The van der Waals surface area contributed by atoms with E-state index in [1.807, 2.05) is 13.0 Å². The average Bonchev–Trinajstić information content (AvgIpc) is 2.96. The Balaban J connectivity index is 2.12. The van der Waals surface area contributed by atoms with Crippen molar-refractivity contribution in [1.82, 2.24) is 20.1 Å². The van der Waals surface area contributed by atoms with E-state index in [1.54, 1.807) is 30.4 Å². The molecule has 0 saturated heterocycles. The van der Waals surface area contributed by atoms with Gasteiger partial charge < -0.3 is 10.2 Å². The normalized spacial score (nSPS) is 10.4. The fourth-order valence-corrected chi connectivity index (χ4v) is 2.07. The summed E-state index contributed by atoms with van der Waals surface area (Å²) in [6.07, 6.45) is 4.52. The van der Waals surface area contributed by atoms with Gasteiger partial charge in [0.25, 0.3) is 5.91 Å². The van der Waals surface area contributed by atoms with Crippen LogP contribution in [0.3, 0.4) is 0 Å². The molecule has 1 amide bonds. The van der Waals surface area contributed by atoms with Crippen LogP contribution in [0.2, 0.25) is 0 Å². The molecule has 2 N–H and O–H groups in total. The van der Waals surface area contributed by atoms with E-state index in [-0.39, 0.29) is 5.91 Å². The molecule has 6 heteroatoms. The van der Waals surface area contributed by atoms with Crippen molar-refractivity contribution in [2.75, 3.05) is 18.9 Å². The monoisotopic (exact) mass is 287 g/mol. The summed E-state index contributed by atoms with van der Waals surface area (Å²) in [7, 11) is 1.78. The van der Waals surface area contributed by atoms with E-state index in [4.69, 9.17) is 0 Å². The minimum atomic E-state index is -0.0266. The van der Waals surface area contributed by atoms with Gasteiger partial charge in [0, 0.05) is 43.2 Å². The summed E-state index contributed by atoms with van der Waals surface area (Å²) in [5.74, 6) is 0.721. The largest absolute Gasteiger partial charge is 0.370 e. The molecular formula is C15H21N5O. The van der Waals surface area contributed by atoms with Crippen LogP contribution in [0.4, 0.5) is 5.82 Å². The quantitative estimate of drug-likeness (QED) is 0.854. The predicted molar refractivity (Wildman–Crippen MR) is 82.1 cm³/mol. The standard InChI is InChI=1S/C15H21N5O/c1-4-5-16-14-7-13(6-11(2)19-14)15(21)20(3)10-12-8-17-18-9-12/h6-9H,4-5,10H2,1-3H3,(H,16,19)(H,17,18). The molecule has 0 radical (unpaired) electrons. The van der Waals surface area contributed by atoms with E-state index in [2.05, 4.69) is 27.4 Å². The molecule has 0 fully saturated rings. The summed E-state index contributed by atoms with van der Waals surface area (Å²) in [5.41, 5.74) is 2.45. The highest BCUT2D eigenvalue weighted by Gasteiger charge is 2.14. The number of H-pyrrole nitrogens is 1. The SMILES string of the molecule is CCCNc1cc(C(=O)N(C)Cc2cn[nH]c2)cc(C)n1. The number of nitrogens with zero attached hydrogens (tertiary/aromatic N) is 3. The smallest absolute Gasteiger partial charge is 0.254 e. The van der Waals surface area contributed by atoms with E-state index >= 15 is 0 Å². The number of aryl methyl sites for hydroxylation is 1. The third-order valence-corrected chi connectivity index (χ3v) is 3.08. The van der Waals surface area contributed by atoms with Crippen molar-refractivity contribution in [1.29, 1.82) is 0 Å². The van der Waals surface area contributed by atoms with Gasteiger partial charge in [-0.3, -0.25) is 9.89 Å². The molecule has 0 spiro atoms. The lowest BCUT2D eigenvalue weighted by atomic mass is 10.2. The first-order valence-electron chi connectivity index (χ1n) is 7.06. The molecule has 0 unspecified atom stereocenters. The van der Waals surface area contributed by atoms with Crippen LogP contribution < -0.4 is 5.32 Å². The summed E-state index contributed by atoms with van der Waals surface area (Å²) in [5, 5.41) is 9.85. The second-order valence-corrected chi connectivity index (χ2v) is 5.08. The Morgan fingerprint density at radius 2 is 2.24 bits per heavy atom. The van der Waals surface area contributed by atoms with E-state index in [0.717, 1.165) is 30.0 Å². The van der Waals surface area contributed by atoms with Gasteiger partial charge in [0.05, 0.1) is 6.20 Å². The van der Waals surface area contributed by atoms with Crippen molar-refractivity contribution in [3.05, 3.63) is 41.3 Å². The lowest BCUT2D eigenvalue weighted by Gasteiger charge is -2.17. The Bertz CT molecular complexity index is 594. The van der Waals surface area contributed by atoms with Crippen molar-refractivity contribution < 1.29 is 4.79 Å². The van der Waals surface area contributed by atoms with Crippen LogP contribution >= 0.6 is 0 Å². The van der Waals surface area contributed by atoms with Gasteiger partial charge in [0.2, 0.25) is 0 Å². The van der Waals surface area contributed by atoms with E-state index < -0.39 is 0 Å². The number of nitrogens with one attached hydrogen (secondary N) is 2. The average molecular weight is 287 g/mol. The van der Waals surface area contributed by atoms with E-state index in [0.29, 0.717) is 12.1 Å². The van der Waals surface area contributed by atoms with Crippen LogP contribution in [0.25, 0.3) is 0 Å². The van der Waals surface area contributed by atoms with Crippen LogP contribution in [0.15, 0.2) is 24.5 Å². The van der Waals surface area contributed by atoms with Gasteiger partial charge in [-0.2, -0.15) is 5.10 Å². The Morgan fingerprint density at radius 3 is 2.90 bits per heavy atom. The zero-order valence-corrected chi connectivity index (χ0v) is 12.7. The van der Waals surface area contributed by atoms with Crippen molar-refractivity contribution in [3.8, 4) is 0 Å². The van der Waals surface area contributed by atoms with Gasteiger partial charge in [-0.25, -0.2) is 4.98 Å². The Labute approximate surface area is 124 Å². The van der Waals surface area contributed by atoms with Crippen molar-refractivity contribution in [3.63, 3.8) is 0 Å². The number of aromatic amines is 1. The van der Waals surface area contributed by atoms with Gasteiger partial charge in [0.1, 0.15) is 5.82 Å². The van der Waals surface area contributed by atoms with Crippen LogP contribution in [0.5, 0.6) is 0 Å². The number of aromatic nitrogens is 3. The Kier molecular flexibility index (Phi) is 4.92. The highest BCUT2D eigenvalue weighted by molar-refractivity contribution is 5.94. The molecule has 0 aliphatic rings. The number of hydrogen-bond acceptors (Lipinski definition) is 4. The zero-order chi connectivity index (χ0) is 15.2. The molecule has 0 aliphatic heterocycles. The highest BCUT2D eigenvalue weighted by atomic mass is 16.2. The molecule has 0 aromatic carbocycles. The number of carbonyl (C=O) groups excluding carboxylic acids is 1. The van der Waals surface area contributed by atoms with Gasteiger partial charge >= 0.3 is 0 Å². The van der Waals surface area contributed by atoms with Crippen LogP contribution in [-0.4, -0.2) is 39.6 Å². The summed E-state index contributed by atoms with van der Waals surface area (Å²) in [4.78, 5) is 18.6. The van der Waals surface area contributed by atoms with Crippen LogP contribution in [0, 0.1) is 6.92 Å². The van der Waals surface area contributed by atoms with Gasteiger partial charge in [0.15, 0.2) is 0 Å². The molecule has 21 heavy (non-hydrogen) atoms. The maximum Gasteiger partial charge on any atom is 0.254 e. The van der Waals surface area contributed by atoms with Gasteiger partial charge in [-0.05, 0) is 25.5 Å². The van der Waals surface area contributed by atoms with Crippen molar-refractivity contribution in [2.45, 2.75) is 26.8 Å². The topological polar surface area (TPSA) is 73.9 Å². The number of amides is 1. The van der Waals surface area contributed by atoms with E-state index in [1.165, 1.54) is 0 Å². The first-order chi connectivity index (χ1) is 10.1. The molecule has 0 bridgehead atoms. The third kappa shape index (κ3) is 4.05. The summed E-state index contributed by atoms with van der Waals surface area (Å²) in [6, 6.07) is 3.61. The number of anilines is 1. The first-order valence-corrected chi connectivity index (χ1v) is 7.06. The number of hydrogen-bond donors (Lipinski definition) is 2. The highest BCUT2D eigenvalue weighted by Crippen LogP contribution is 2.13. The van der Waals surface area contributed by atoms with E-state index in [9.17, 15) is 4.79 Å². The Hall–Kier alpha value is -2.37. The van der Waals surface area contributed by atoms with Crippen molar-refractivity contribution in [2.24, 2.45) is 0 Å². The summed E-state index contributed by atoms with van der Waals surface area (Å²) < 4.78 is 0. The number of carbonyl (C=O) groups is 1. The maximum atomic E-state index is 12.5. The fraction of sp³-hybridized carbons (Fsp3) is 0.400. The van der Waals surface area contributed by atoms with Gasteiger partial charge in [-0.1, -0.05) is 6.92 Å².